The molecule has 1 aromatic carbocycles. The van der Waals surface area contributed by atoms with Crippen molar-refractivity contribution >= 4 is 17.6 Å². The highest BCUT2D eigenvalue weighted by Crippen LogP contribution is 2.30. The molecule has 1 saturated heterocycles. The Labute approximate surface area is 166 Å². The minimum absolute atomic E-state index is 0.0180. The van der Waals surface area contributed by atoms with Crippen molar-refractivity contribution in [1.29, 1.82) is 0 Å². The number of amides is 3. The van der Waals surface area contributed by atoms with E-state index in [0.717, 1.165) is 35.5 Å². The lowest BCUT2D eigenvalue weighted by Crippen LogP contribution is -2.44. The van der Waals surface area contributed by atoms with Gasteiger partial charge in [0.15, 0.2) is 0 Å². The molecule has 0 spiro atoms. The van der Waals surface area contributed by atoms with Crippen molar-refractivity contribution < 1.29 is 9.59 Å². The van der Waals surface area contributed by atoms with E-state index >= 15 is 0 Å². The molecule has 28 heavy (non-hydrogen) atoms. The van der Waals surface area contributed by atoms with Gasteiger partial charge in [-0.3, -0.25) is 9.78 Å². The Morgan fingerprint density at radius 1 is 1.14 bits per heavy atom. The quantitative estimate of drug-likeness (QED) is 0.846. The number of aromatic nitrogens is 1. The predicted molar refractivity (Wildman–Crippen MR) is 111 cm³/mol. The number of pyridine rings is 1. The molecule has 2 aromatic rings. The molecule has 1 fully saturated rings. The molecule has 2 N–H and O–H groups in total. The van der Waals surface area contributed by atoms with E-state index in [1.54, 1.807) is 0 Å². The van der Waals surface area contributed by atoms with Gasteiger partial charge in [-0.05, 0) is 63.4 Å². The molecule has 3 amide bonds. The number of piperidine rings is 1. The second-order valence-corrected chi connectivity index (χ2v) is 7.31. The molecule has 2 heterocycles. The largest absolute Gasteiger partial charge is 0.338 e. The second-order valence-electron chi connectivity index (χ2n) is 7.31. The molecule has 148 valence electrons. The normalized spacial score (nSPS) is 14.6. The number of carbonyl (C=O) groups is 2. The summed E-state index contributed by atoms with van der Waals surface area (Å²) in [4.78, 5) is 31.5. The zero-order valence-electron chi connectivity index (χ0n) is 16.8. The van der Waals surface area contributed by atoms with Gasteiger partial charge >= 0.3 is 6.03 Å². The van der Waals surface area contributed by atoms with Gasteiger partial charge in [0, 0.05) is 36.9 Å². The van der Waals surface area contributed by atoms with Crippen LogP contribution in [0.1, 0.15) is 53.0 Å². The van der Waals surface area contributed by atoms with Crippen molar-refractivity contribution in [1.82, 2.24) is 15.2 Å². The van der Waals surface area contributed by atoms with Gasteiger partial charge in [0.25, 0.3) is 5.91 Å². The number of aryl methyl sites for hydroxylation is 2. The average Bonchev–Trinajstić information content (AvgIpc) is 2.68. The van der Waals surface area contributed by atoms with Crippen LogP contribution in [-0.2, 0) is 0 Å². The zero-order valence-corrected chi connectivity index (χ0v) is 16.8. The number of hydrogen-bond acceptors (Lipinski definition) is 3. The lowest BCUT2D eigenvalue weighted by atomic mass is 9.90. The van der Waals surface area contributed by atoms with Crippen molar-refractivity contribution in [3.63, 3.8) is 0 Å². The van der Waals surface area contributed by atoms with Crippen molar-refractivity contribution in [2.45, 2.75) is 39.5 Å². The molecular weight excluding hydrogens is 352 g/mol. The smallest absolute Gasteiger partial charge is 0.317 e. The minimum atomic E-state index is -0.140. The molecule has 1 aromatic heterocycles. The second kappa shape index (κ2) is 8.87. The Hall–Kier alpha value is -2.89. The number of likely N-dealkylation sites (tertiary alicyclic amines) is 1. The van der Waals surface area contributed by atoms with Crippen LogP contribution in [0.2, 0.25) is 0 Å². The van der Waals surface area contributed by atoms with E-state index in [2.05, 4.69) is 10.6 Å². The molecule has 6 nitrogen and oxygen atoms in total. The fourth-order valence-electron chi connectivity index (χ4n) is 3.62. The minimum Gasteiger partial charge on any atom is -0.338 e. The predicted octanol–water partition coefficient (Wildman–Crippen LogP) is 3.86. The SMILES string of the molecule is CCNC(=O)N1CCC(c2nc(C)ccc2C(=O)Nc2cccc(C)c2)CC1. The molecule has 0 bridgehead atoms. The number of carbonyl (C=O) groups excluding carboxylic acids is 2. The van der Waals surface area contributed by atoms with Crippen molar-refractivity contribution in [2.75, 3.05) is 25.0 Å². The Kier molecular flexibility index (Phi) is 6.29. The highest BCUT2D eigenvalue weighted by molar-refractivity contribution is 6.05. The molecule has 0 saturated carbocycles. The van der Waals surface area contributed by atoms with Gasteiger partial charge in [-0.1, -0.05) is 12.1 Å². The van der Waals surface area contributed by atoms with Crippen LogP contribution in [0.25, 0.3) is 0 Å². The van der Waals surface area contributed by atoms with Crippen LogP contribution in [0.3, 0.4) is 0 Å². The summed E-state index contributed by atoms with van der Waals surface area (Å²) >= 11 is 0. The van der Waals surface area contributed by atoms with Gasteiger partial charge in [-0.2, -0.15) is 0 Å². The monoisotopic (exact) mass is 380 g/mol. The maximum atomic E-state index is 12.9. The standard InChI is InChI=1S/C22H28N4O2/c1-4-23-22(28)26-12-10-17(11-13-26)20-19(9-8-16(3)24-20)21(27)25-18-7-5-6-15(2)14-18/h5-9,14,17H,4,10-13H2,1-3H3,(H,23,28)(H,25,27). The van der Waals surface area contributed by atoms with E-state index < -0.39 is 0 Å². The molecular formula is C22H28N4O2. The first-order chi connectivity index (χ1) is 13.5. The van der Waals surface area contributed by atoms with Gasteiger partial charge in [-0.15, -0.1) is 0 Å². The van der Waals surface area contributed by atoms with Gasteiger partial charge in [0.1, 0.15) is 0 Å². The molecule has 0 aliphatic carbocycles. The van der Waals surface area contributed by atoms with E-state index in [-0.39, 0.29) is 17.9 Å². The van der Waals surface area contributed by atoms with Crippen molar-refractivity contribution in [2.24, 2.45) is 0 Å². The van der Waals surface area contributed by atoms with Gasteiger partial charge in [-0.25, -0.2) is 4.79 Å². The van der Waals surface area contributed by atoms with E-state index in [1.165, 1.54) is 0 Å². The maximum Gasteiger partial charge on any atom is 0.317 e. The van der Waals surface area contributed by atoms with E-state index in [9.17, 15) is 9.59 Å². The molecule has 1 aliphatic rings. The van der Waals surface area contributed by atoms with Crippen LogP contribution < -0.4 is 10.6 Å². The van der Waals surface area contributed by atoms with Crippen LogP contribution in [-0.4, -0.2) is 41.5 Å². The Morgan fingerprint density at radius 3 is 2.57 bits per heavy atom. The molecule has 1 aliphatic heterocycles. The van der Waals surface area contributed by atoms with Crippen LogP contribution in [0.5, 0.6) is 0 Å². The lowest BCUT2D eigenvalue weighted by Gasteiger charge is -2.32. The number of urea groups is 1. The fraction of sp³-hybridized carbons (Fsp3) is 0.409. The molecule has 3 rings (SSSR count). The third kappa shape index (κ3) is 4.68. The lowest BCUT2D eigenvalue weighted by molar-refractivity contribution is 0.102. The summed E-state index contributed by atoms with van der Waals surface area (Å²) < 4.78 is 0. The summed E-state index contributed by atoms with van der Waals surface area (Å²) in [5.41, 5.74) is 4.22. The topological polar surface area (TPSA) is 74.3 Å². The molecule has 0 radical (unpaired) electrons. The average molecular weight is 380 g/mol. The first-order valence-corrected chi connectivity index (χ1v) is 9.86. The summed E-state index contributed by atoms with van der Waals surface area (Å²) in [5.74, 6) is 0.0306. The van der Waals surface area contributed by atoms with E-state index in [0.29, 0.717) is 25.2 Å². The Balaban J connectivity index is 1.76. The number of benzene rings is 1. The van der Waals surface area contributed by atoms with E-state index in [1.807, 2.05) is 62.1 Å². The summed E-state index contributed by atoms with van der Waals surface area (Å²) in [6.45, 7) is 7.82. The van der Waals surface area contributed by atoms with Gasteiger partial charge in [0.05, 0.1) is 11.3 Å². The summed E-state index contributed by atoms with van der Waals surface area (Å²) in [5, 5.41) is 5.84. The fourth-order valence-corrected chi connectivity index (χ4v) is 3.62. The van der Waals surface area contributed by atoms with Gasteiger partial charge < -0.3 is 15.5 Å². The first kappa shape index (κ1) is 19.9. The maximum absolute atomic E-state index is 12.9. The zero-order chi connectivity index (χ0) is 20.1. The highest BCUT2D eigenvalue weighted by Gasteiger charge is 2.27. The van der Waals surface area contributed by atoms with Crippen molar-refractivity contribution in [3.05, 3.63) is 58.9 Å². The van der Waals surface area contributed by atoms with Crippen LogP contribution in [0.15, 0.2) is 36.4 Å². The highest BCUT2D eigenvalue weighted by atomic mass is 16.2. The van der Waals surface area contributed by atoms with Gasteiger partial charge in [0.2, 0.25) is 0 Å². The summed E-state index contributed by atoms with van der Waals surface area (Å²) in [7, 11) is 0. The number of anilines is 1. The number of nitrogens with zero attached hydrogens (tertiary/aromatic N) is 2. The van der Waals surface area contributed by atoms with Crippen LogP contribution in [0.4, 0.5) is 10.5 Å². The number of rotatable bonds is 4. The number of nitrogens with one attached hydrogen (secondary N) is 2. The Bertz CT molecular complexity index is 857. The van der Waals surface area contributed by atoms with Crippen molar-refractivity contribution in [3.8, 4) is 0 Å². The molecule has 0 atom stereocenters. The molecule has 0 unspecified atom stereocenters. The Morgan fingerprint density at radius 2 is 1.89 bits per heavy atom. The van der Waals surface area contributed by atoms with Crippen LogP contribution >= 0.6 is 0 Å². The van der Waals surface area contributed by atoms with E-state index in [4.69, 9.17) is 4.98 Å². The summed E-state index contributed by atoms with van der Waals surface area (Å²) in [6.07, 6.45) is 1.61. The third-order valence-electron chi connectivity index (χ3n) is 5.08. The summed E-state index contributed by atoms with van der Waals surface area (Å²) in [6, 6.07) is 11.5. The first-order valence-electron chi connectivity index (χ1n) is 9.86. The molecule has 6 heteroatoms. The van der Waals surface area contributed by atoms with Crippen LogP contribution in [0, 0.1) is 13.8 Å². The number of hydrogen-bond donors (Lipinski definition) is 2. The third-order valence-corrected chi connectivity index (χ3v) is 5.08.